The van der Waals surface area contributed by atoms with Crippen LogP contribution in [0, 0.1) is 0 Å². The van der Waals surface area contributed by atoms with E-state index >= 15 is 0 Å². The average Bonchev–Trinajstić information content (AvgIpc) is 3.06. The fourth-order valence-electron chi connectivity index (χ4n) is 7.27. The van der Waals surface area contributed by atoms with Crippen molar-refractivity contribution >= 4 is 41.1 Å². The standard InChI is InChI=1S/C33H40ClF3N6O5/c1-40-10-6-22(7-11-40)41-14-16-42(17-15-41)29(44)27(20-21-18-24(33(35,36)37)28(38)25(34)19-21)47-31(46)43-12-8-32(9-13-43)23-4-2-3-5-26(23)39-30(45)48-32/h2-5,18-19,22,27H,6-17,20,38H2,1H3,(H,39,45)/t27-/m1/s1. The summed E-state index contributed by atoms with van der Waals surface area (Å²) in [6.07, 6.45) is -5.17. The van der Waals surface area contributed by atoms with Gasteiger partial charge in [-0.3, -0.25) is 15.0 Å². The minimum atomic E-state index is -4.77. The maximum Gasteiger partial charge on any atom is 0.418 e. The molecule has 1 atom stereocenters. The molecule has 3 fully saturated rings. The predicted molar refractivity (Wildman–Crippen MR) is 173 cm³/mol. The van der Waals surface area contributed by atoms with Gasteiger partial charge in [0.1, 0.15) is 5.60 Å². The summed E-state index contributed by atoms with van der Waals surface area (Å²) in [5.41, 5.74) is 4.51. The summed E-state index contributed by atoms with van der Waals surface area (Å²) < 4.78 is 52.9. The third-order valence-electron chi connectivity index (χ3n) is 10.0. The van der Waals surface area contributed by atoms with Crippen molar-refractivity contribution in [1.82, 2.24) is 19.6 Å². The van der Waals surface area contributed by atoms with Crippen LogP contribution >= 0.6 is 11.6 Å². The number of piperazine rings is 1. The van der Waals surface area contributed by atoms with E-state index in [1.165, 1.54) is 11.0 Å². The fourth-order valence-corrected chi connectivity index (χ4v) is 7.51. The van der Waals surface area contributed by atoms with Gasteiger partial charge in [0.2, 0.25) is 0 Å². The number of nitrogens with two attached hydrogens (primary N) is 1. The van der Waals surface area contributed by atoms with Crippen molar-refractivity contribution in [2.45, 2.75) is 56.0 Å². The van der Waals surface area contributed by atoms with Crippen molar-refractivity contribution in [3.05, 3.63) is 58.1 Å². The second-order valence-electron chi connectivity index (χ2n) is 13.1. The summed E-state index contributed by atoms with van der Waals surface area (Å²) in [6, 6.07) is 9.86. The van der Waals surface area contributed by atoms with Gasteiger partial charge in [0.25, 0.3) is 5.91 Å². The van der Waals surface area contributed by atoms with Gasteiger partial charge in [-0.1, -0.05) is 29.8 Å². The van der Waals surface area contributed by atoms with Gasteiger partial charge < -0.3 is 29.9 Å². The zero-order valence-corrected chi connectivity index (χ0v) is 27.5. The number of para-hydroxylation sites is 1. The number of ether oxygens (including phenoxy) is 2. The van der Waals surface area contributed by atoms with Crippen LogP contribution in [0.1, 0.15) is 42.4 Å². The number of hydrogen-bond acceptors (Lipinski definition) is 8. The first-order valence-electron chi connectivity index (χ1n) is 16.2. The second-order valence-corrected chi connectivity index (χ2v) is 13.5. The molecule has 3 amide bonds. The monoisotopic (exact) mass is 692 g/mol. The summed E-state index contributed by atoms with van der Waals surface area (Å²) in [5, 5.41) is 2.40. The molecule has 2 aromatic rings. The van der Waals surface area contributed by atoms with E-state index in [0.29, 0.717) is 50.7 Å². The molecule has 0 bridgehead atoms. The normalized spacial score (nSPS) is 21.3. The number of nitrogens with zero attached hydrogens (tertiary/aromatic N) is 4. The Morgan fingerprint density at radius 1 is 1.04 bits per heavy atom. The number of rotatable bonds is 5. The van der Waals surface area contributed by atoms with Crippen LogP contribution in [0.25, 0.3) is 0 Å². The number of carbonyl (C=O) groups excluding carboxylic acids is 3. The van der Waals surface area contributed by atoms with Gasteiger partial charge in [-0.2, -0.15) is 13.2 Å². The van der Waals surface area contributed by atoms with Crippen molar-refractivity contribution in [1.29, 1.82) is 0 Å². The van der Waals surface area contributed by atoms with E-state index in [1.54, 1.807) is 11.0 Å². The number of fused-ring (bicyclic) bond motifs is 2. The first-order chi connectivity index (χ1) is 22.8. The maximum absolute atomic E-state index is 14.0. The van der Waals surface area contributed by atoms with E-state index in [1.807, 2.05) is 18.2 Å². The number of alkyl halides is 3. The van der Waals surface area contributed by atoms with Crippen LogP contribution in [0.3, 0.4) is 0 Å². The van der Waals surface area contributed by atoms with Crippen molar-refractivity contribution in [3.63, 3.8) is 0 Å². The minimum absolute atomic E-state index is 0.0634. The van der Waals surface area contributed by atoms with Crippen molar-refractivity contribution in [2.24, 2.45) is 0 Å². The molecule has 260 valence electrons. The van der Waals surface area contributed by atoms with E-state index in [4.69, 9.17) is 26.8 Å². The van der Waals surface area contributed by atoms with Gasteiger partial charge in [0.05, 0.1) is 22.0 Å². The zero-order valence-electron chi connectivity index (χ0n) is 26.7. The summed E-state index contributed by atoms with van der Waals surface area (Å²) >= 11 is 6.10. The lowest BCUT2D eigenvalue weighted by molar-refractivity contribution is -0.143. The predicted octanol–water partition coefficient (Wildman–Crippen LogP) is 4.78. The quantitative estimate of drug-likeness (QED) is 0.430. The summed E-state index contributed by atoms with van der Waals surface area (Å²) in [7, 11) is 2.10. The minimum Gasteiger partial charge on any atom is -0.438 e. The number of benzene rings is 2. The van der Waals surface area contributed by atoms with E-state index in [2.05, 4.69) is 22.2 Å². The lowest BCUT2D eigenvalue weighted by Crippen LogP contribution is -2.56. The van der Waals surface area contributed by atoms with Crippen LogP contribution in [-0.4, -0.2) is 109 Å². The molecule has 4 aliphatic heterocycles. The molecule has 0 unspecified atom stereocenters. The van der Waals surface area contributed by atoms with Crippen LogP contribution in [0.15, 0.2) is 36.4 Å². The Morgan fingerprint density at radius 3 is 2.38 bits per heavy atom. The molecule has 4 aliphatic rings. The Kier molecular flexibility index (Phi) is 9.69. The topological polar surface area (TPSA) is 121 Å². The van der Waals surface area contributed by atoms with Crippen molar-refractivity contribution in [3.8, 4) is 0 Å². The second kappa shape index (κ2) is 13.6. The Morgan fingerprint density at radius 2 is 1.71 bits per heavy atom. The number of anilines is 2. The Balaban J connectivity index is 1.17. The third kappa shape index (κ3) is 7.15. The van der Waals surface area contributed by atoms with E-state index in [-0.39, 0.29) is 30.1 Å². The van der Waals surface area contributed by atoms with Gasteiger partial charge in [-0.25, -0.2) is 9.59 Å². The number of halogens is 4. The molecule has 1 spiro atoms. The van der Waals surface area contributed by atoms with Gasteiger partial charge in [-0.05, 0) is 56.7 Å². The first-order valence-corrected chi connectivity index (χ1v) is 16.6. The van der Waals surface area contributed by atoms with Gasteiger partial charge in [0.15, 0.2) is 6.10 Å². The van der Waals surface area contributed by atoms with Crippen molar-refractivity contribution in [2.75, 3.05) is 70.5 Å². The number of carbonyl (C=O) groups is 3. The lowest BCUT2D eigenvalue weighted by atomic mass is 9.82. The molecule has 0 radical (unpaired) electrons. The molecule has 48 heavy (non-hydrogen) atoms. The zero-order chi connectivity index (χ0) is 34.2. The molecule has 0 aromatic heterocycles. The number of likely N-dealkylation sites (tertiary alicyclic amines) is 2. The van der Waals surface area contributed by atoms with Crippen LogP contribution < -0.4 is 11.1 Å². The van der Waals surface area contributed by atoms with Gasteiger partial charge in [0, 0.05) is 70.1 Å². The Bertz CT molecular complexity index is 1540. The number of piperidine rings is 2. The van der Waals surface area contributed by atoms with Crippen LogP contribution in [0.4, 0.5) is 34.1 Å². The van der Waals surface area contributed by atoms with Gasteiger partial charge >= 0.3 is 18.4 Å². The number of amides is 3. The van der Waals surface area contributed by atoms with E-state index in [9.17, 15) is 27.6 Å². The smallest absolute Gasteiger partial charge is 0.418 e. The maximum atomic E-state index is 14.0. The van der Waals surface area contributed by atoms with Crippen molar-refractivity contribution < 1.29 is 37.0 Å². The van der Waals surface area contributed by atoms with E-state index < -0.39 is 47.2 Å². The molecule has 11 nitrogen and oxygen atoms in total. The first kappa shape index (κ1) is 34.1. The number of nitrogen functional groups attached to an aromatic ring is 1. The molecule has 4 heterocycles. The molecule has 15 heteroatoms. The molecule has 0 aliphatic carbocycles. The molecule has 2 aromatic carbocycles. The molecule has 6 rings (SSSR count). The highest BCUT2D eigenvalue weighted by atomic mass is 35.5. The molecule has 0 saturated carbocycles. The summed E-state index contributed by atoms with van der Waals surface area (Å²) in [5.74, 6) is -0.484. The fraction of sp³-hybridized carbons (Fsp3) is 0.545. The molecular formula is C33H40ClF3N6O5. The SMILES string of the molecule is CN1CCC(N2CCN(C(=O)[C@@H](Cc3cc(Cl)c(N)c(C(F)(F)F)c3)OC(=O)N3CCC4(CC3)OC(=O)Nc3ccccc34)CC2)CC1. The Labute approximate surface area is 282 Å². The lowest BCUT2D eigenvalue weighted by Gasteiger charge is -2.44. The van der Waals surface area contributed by atoms with Gasteiger partial charge in [-0.15, -0.1) is 0 Å². The summed E-state index contributed by atoms with van der Waals surface area (Å²) in [6.45, 7) is 4.46. The number of hydrogen-bond donors (Lipinski definition) is 2. The van der Waals surface area contributed by atoms with Crippen LogP contribution in [0.5, 0.6) is 0 Å². The third-order valence-corrected chi connectivity index (χ3v) is 10.3. The molecular weight excluding hydrogens is 653 g/mol. The Hall–Kier alpha value is -3.75. The number of nitrogens with one attached hydrogen (secondary N) is 1. The largest absolute Gasteiger partial charge is 0.438 e. The summed E-state index contributed by atoms with van der Waals surface area (Å²) in [4.78, 5) is 47.6. The molecule has 3 saturated heterocycles. The van der Waals surface area contributed by atoms with Crippen LogP contribution in [0.2, 0.25) is 5.02 Å². The highest BCUT2D eigenvalue weighted by Gasteiger charge is 2.46. The highest BCUT2D eigenvalue weighted by molar-refractivity contribution is 6.33. The highest BCUT2D eigenvalue weighted by Crippen LogP contribution is 2.43. The van der Waals surface area contributed by atoms with E-state index in [0.717, 1.165) is 37.6 Å². The average molecular weight is 693 g/mol. The van der Waals surface area contributed by atoms with Crippen LogP contribution in [-0.2, 0) is 32.5 Å². The molecule has 3 N–H and O–H groups in total.